The number of anilines is 1. The van der Waals surface area contributed by atoms with Gasteiger partial charge in [0.05, 0.1) is 24.8 Å². The van der Waals surface area contributed by atoms with Crippen molar-refractivity contribution in [2.45, 2.75) is 64.3 Å². The van der Waals surface area contributed by atoms with Crippen LogP contribution in [-0.4, -0.2) is 59.6 Å². The lowest BCUT2D eigenvalue weighted by molar-refractivity contribution is -0.133. The second-order valence-corrected chi connectivity index (χ2v) is 11.5. The normalized spacial score (nSPS) is 20.8. The third-order valence-corrected chi connectivity index (χ3v) is 8.23. The van der Waals surface area contributed by atoms with Crippen molar-refractivity contribution in [3.05, 3.63) is 89.5 Å². The summed E-state index contributed by atoms with van der Waals surface area (Å²) in [7, 11) is 1.62. The zero-order valence-corrected chi connectivity index (χ0v) is 24.7. The number of methoxy groups -OCH3 is 1. The van der Waals surface area contributed by atoms with Crippen LogP contribution < -0.4 is 14.4 Å². The fourth-order valence-corrected chi connectivity index (χ4v) is 6.16. The van der Waals surface area contributed by atoms with E-state index < -0.39 is 5.54 Å². The van der Waals surface area contributed by atoms with Crippen LogP contribution in [0.4, 0.5) is 10.5 Å². The Kier molecular flexibility index (Phi) is 8.51. The van der Waals surface area contributed by atoms with Gasteiger partial charge in [0.15, 0.2) is 0 Å². The summed E-state index contributed by atoms with van der Waals surface area (Å²) in [6.07, 6.45) is 1.63. The van der Waals surface area contributed by atoms with E-state index in [0.717, 1.165) is 29.2 Å². The monoisotopic (exact) mass is 566 g/mol. The Labute approximate surface area is 248 Å². The molecule has 0 saturated carbocycles. The molecule has 0 N–H and O–H groups in total. The van der Waals surface area contributed by atoms with E-state index in [2.05, 4.69) is 30.0 Å². The molecule has 3 aromatic carbocycles. The third kappa shape index (κ3) is 5.83. The SMILES string of the molecule is COc1ccc(CCN2C(=O)N(c3cccc(C#N)c3)[C@@]3(CCN(Cc4cccc(OC(C)C)c4)[C@@H](C)C3)C2=O)cc1. The average Bonchev–Trinajstić information content (AvgIpc) is 3.18. The van der Waals surface area contributed by atoms with Crippen LogP contribution in [0.5, 0.6) is 11.5 Å². The first-order valence-corrected chi connectivity index (χ1v) is 14.5. The van der Waals surface area contributed by atoms with E-state index in [-0.39, 0.29) is 30.6 Å². The Morgan fingerprint density at radius 3 is 2.45 bits per heavy atom. The number of hydrogen-bond acceptors (Lipinski definition) is 6. The number of piperidine rings is 1. The zero-order valence-electron chi connectivity index (χ0n) is 24.7. The molecule has 0 aliphatic carbocycles. The number of ether oxygens (including phenoxy) is 2. The minimum absolute atomic E-state index is 0.0355. The van der Waals surface area contributed by atoms with E-state index >= 15 is 0 Å². The number of hydrogen-bond donors (Lipinski definition) is 0. The van der Waals surface area contributed by atoms with Gasteiger partial charge in [-0.3, -0.25) is 19.5 Å². The van der Waals surface area contributed by atoms with E-state index in [0.29, 0.717) is 37.1 Å². The lowest BCUT2D eigenvalue weighted by atomic mass is 9.81. The number of amides is 3. The molecule has 0 bridgehead atoms. The first-order valence-electron chi connectivity index (χ1n) is 14.5. The summed E-state index contributed by atoms with van der Waals surface area (Å²) in [6, 6.07) is 24.7. The molecule has 8 nitrogen and oxygen atoms in total. The molecular weight excluding hydrogens is 528 g/mol. The van der Waals surface area contributed by atoms with E-state index in [4.69, 9.17) is 9.47 Å². The van der Waals surface area contributed by atoms with Crippen LogP contribution in [0.25, 0.3) is 0 Å². The quantitative estimate of drug-likeness (QED) is 0.305. The number of nitrogens with zero attached hydrogens (tertiary/aromatic N) is 4. The molecule has 2 fully saturated rings. The Hall–Kier alpha value is -4.35. The fraction of sp³-hybridized carbons (Fsp3) is 0.382. The van der Waals surface area contributed by atoms with Crippen molar-refractivity contribution < 1.29 is 19.1 Å². The molecule has 3 aromatic rings. The maximum absolute atomic E-state index is 14.3. The standard InChI is InChI=1S/C34H38N4O4/c1-24(2)42-31-10-6-8-28(20-31)23-36-18-16-34(21-25(36)3)32(39)37(17-15-26-11-13-30(41-4)14-12-26)33(40)38(34)29-9-5-7-27(19-29)22-35/h5-14,19-20,24-25H,15-18,21,23H2,1-4H3/t25-,34+/m0/s1. The molecule has 5 rings (SSSR count). The lowest BCUT2D eigenvalue weighted by Gasteiger charge is -2.45. The molecule has 42 heavy (non-hydrogen) atoms. The number of carbonyl (C=O) groups excluding carboxylic acids is 2. The average molecular weight is 567 g/mol. The van der Waals surface area contributed by atoms with Gasteiger partial charge in [0.1, 0.15) is 17.0 Å². The molecule has 8 heteroatoms. The van der Waals surface area contributed by atoms with Crippen molar-refractivity contribution in [3.63, 3.8) is 0 Å². The summed E-state index contributed by atoms with van der Waals surface area (Å²) < 4.78 is 11.1. The van der Waals surface area contributed by atoms with Gasteiger partial charge in [-0.25, -0.2) is 4.79 Å². The van der Waals surface area contributed by atoms with Crippen molar-refractivity contribution in [2.24, 2.45) is 0 Å². The number of imide groups is 1. The molecule has 3 amide bonds. The Balaban J connectivity index is 1.40. The number of rotatable bonds is 9. The third-order valence-electron chi connectivity index (χ3n) is 8.23. The molecule has 2 heterocycles. The molecule has 0 aromatic heterocycles. The molecule has 2 aliphatic heterocycles. The second-order valence-electron chi connectivity index (χ2n) is 11.5. The molecule has 218 valence electrons. The highest BCUT2D eigenvalue weighted by atomic mass is 16.5. The predicted molar refractivity (Wildman–Crippen MR) is 161 cm³/mol. The van der Waals surface area contributed by atoms with E-state index in [1.54, 1.807) is 30.2 Å². The summed E-state index contributed by atoms with van der Waals surface area (Å²) in [4.78, 5) is 33.7. The van der Waals surface area contributed by atoms with Crippen LogP contribution >= 0.6 is 0 Å². The number of benzene rings is 3. The summed E-state index contributed by atoms with van der Waals surface area (Å²) in [5.74, 6) is 1.44. The summed E-state index contributed by atoms with van der Waals surface area (Å²) in [5.41, 5.74) is 2.18. The molecule has 0 radical (unpaired) electrons. The topological polar surface area (TPSA) is 86.1 Å². The number of nitriles is 1. The first kappa shape index (κ1) is 29.2. The van der Waals surface area contributed by atoms with Crippen molar-refractivity contribution in [1.82, 2.24) is 9.80 Å². The van der Waals surface area contributed by atoms with Crippen molar-refractivity contribution >= 4 is 17.6 Å². The van der Waals surface area contributed by atoms with Gasteiger partial charge < -0.3 is 9.47 Å². The van der Waals surface area contributed by atoms with Crippen molar-refractivity contribution in [3.8, 4) is 17.6 Å². The summed E-state index contributed by atoms with van der Waals surface area (Å²) in [5, 5.41) is 9.55. The maximum Gasteiger partial charge on any atom is 0.332 e. The molecule has 2 aliphatic rings. The number of likely N-dealkylation sites (tertiary alicyclic amines) is 1. The number of carbonyl (C=O) groups is 2. The van der Waals surface area contributed by atoms with Crippen LogP contribution in [0.15, 0.2) is 72.8 Å². The summed E-state index contributed by atoms with van der Waals surface area (Å²) in [6.45, 7) is 7.79. The predicted octanol–water partition coefficient (Wildman–Crippen LogP) is 5.79. The zero-order chi connectivity index (χ0) is 29.9. The molecular formula is C34H38N4O4. The molecule has 1 spiro atoms. The maximum atomic E-state index is 14.3. The van der Waals surface area contributed by atoms with Gasteiger partial charge in [0.2, 0.25) is 0 Å². The highest BCUT2D eigenvalue weighted by Gasteiger charge is 2.59. The van der Waals surface area contributed by atoms with Crippen LogP contribution in [-0.2, 0) is 17.8 Å². The van der Waals surface area contributed by atoms with E-state index in [1.807, 2.05) is 56.3 Å². The van der Waals surface area contributed by atoms with Gasteiger partial charge in [-0.2, -0.15) is 5.26 Å². The van der Waals surface area contributed by atoms with E-state index in [1.165, 1.54) is 4.90 Å². The molecule has 2 atom stereocenters. The molecule has 0 unspecified atom stereocenters. The Morgan fingerprint density at radius 2 is 1.76 bits per heavy atom. The van der Waals surface area contributed by atoms with Gasteiger partial charge in [0, 0.05) is 31.4 Å². The second kappa shape index (κ2) is 12.3. The highest BCUT2D eigenvalue weighted by molar-refractivity contribution is 6.17. The fourth-order valence-electron chi connectivity index (χ4n) is 6.16. The van der Waals surface area contributed by atoms with Gasteiger partial charge >= 0.3 is 6.03 Å². The van der Waals surface area contributed by atoms with Gasteiger partial charge in [-0.15, -0.1) is 0 Å². The highest BCUT2D eigenvalue weighted by Crippen LogP contribution is 2.43. The Bertz CT molecular complexity index is 1480. The smallest absolute Gasteiger partial charge is 0.332 e. The largest absolute Gasteiger partial charge is 0.497 e. The van der Waals surface area contributed by atoms with Crippen LogP contribution in [0.1, 0.15) is 50.3 Å². The van der Waals surface area contributed by atoms with Crippen LogP contribution in [0.3, 0.4) is 0 Å². The molecule has 2 saturated heterocycles. The number of urea groups is 1. The first-order chi connectivity index (χ1) is 20.2. The van der Waals surface area contributed by atoms with Gasteiger partial charge in [-0.05, 0) is 93.6 Å². The van der Waals surface area contributed by atoms with Gasteiger partial charge in [-0.1, -0.05) is 30.3 Å². The van der Waals surface area contributed by atoms with E-state index in [9.17, 15) is 14.9 Å². The minimum atomic E-state index is -1.01. The van der Waals surface area contributed by atoms with Crippen molar-refractivity contribution in [1.29, 1.82) is 5.26 Å². The lowest BCUT2D eigenvalue weighted by Crippen LogP contribution is -2.59. The van der Waals surface area contributed by atoms with Crippen molar-refractivity contribution in [2.75, 3.05) is 25.1 Å². The van der Waals surface area contributed by atoms with Crippen LogP contribution in [0, 0.1) is 11.3 Å². The van der Waals surface area contributed by atoms with Gasteiger partial charge in [0.25, 0.3) is 5.91 Å². The Morgan fingerprint density at radius 1 is 1.00 bits per heavy atom. The minimum Gasteiger partial charge on any atom is -0.497 e. The summed E-state index contributed by atoms with van der Waals surface area (Å²) >= 11 is 0. The van der Waals surface area contributed by atoms with Crippen LogP contribution in [0.2, 0.25) is 0 Å².